The van der Waals surface area contributed by atoms with Gasteiger partial charge in [-0.15, -0.1) is 0 Å². The average molecular weight is 536 g/mol. The van der Waals surface area contributed by atoms with Crippen LogP contribution in [-0.2, 0) is 6.42 Å². The van der Waals surface area contributed by atoms with Crippen LogP contribution in [0.2, 0.25) is 0 Å². The zero-order valence-corrected chi connectivity index (χ0v) is 22.8. The largest absolute Gasteiger partial charge is 0.497 e. The number of hydrogen-bond donors (Lipinski definition) is 2. The van der Waals surface area contributed by atoms with E-state index < -0.39 is 0 Å². The standard InChI is InChI=1S/C32H29N3O3S/c1-32(2)20-22-14-15-24(38-3)18-27(22)28(35-32)19-29(36)21-9-7-10-23(17-21)34-30(37)26-13-8-16-33-31(26)39-25-11-5-4-6-12-25/h4-19,35H,20H2,1-3H3,(H,34,37). The van der Waals surface area contributed by atoms with Crippen molar-refractivity contribution in [3.63, 3.8) is 0 Å². The van der Waals surface area contributed by atoms with Crippen LogP contribution in [0.15, 0.2) is 107 Å². The molecule has 5 rings (SSSR count). The first-order chi connectivity index (χ1) is 18.8. The number of rotatable bonds is 7. The second-order valence-corrected chi connectivity index (χ2v) is 11.0. The number of nitrogens with one attached hydrogen (secondary N) is 2. The summed E-state index contributed by atoms with van der Waals surface area (Å²) in [6.07, 6.45) is 4.12. The van der Waals surface area contributed by atoms with Crippen molar-refractivity contribution in [1.29, 1.82) is 0 Å². The van der Waals surface area contributed by atoms with Crippen LogP contribution >= 0.6 is 11.8 Å². The van der Waals surface area contributed by atoms with Gasteiger partial charge in [-0.05, 0) is 74.4 Å². The van der Waals surface area contributed by atoms with E-state index in [9.17, 15) is 9.59 Å². The van der Waals surface area contributed by atoms with Gasteiger partial charge in [-0.3, -0.25) is 9.59 Å². The number of carbonyl (C=O) groups excluding carboxylic acids is 2. The van der Waals surface area contributed by atoms with E-state index in [1.54, 1.807) is 55.8 Å². The van der Waals surface area contributed by atoms with E-state index in [1.807, 2.05) is 48.5 Å². The van der Waals surface area contributed by atoms with Crippen LogP contribution in [0.1, 0.15) is 45.7 Å². The highest BCUT2D eigenvalue weighted by Gasteiger charge is 2.28. The first kappa shape index (κ1) is 26.3. The molecule has 0 saturated carbocycles. The zero-order chi connectivity index (χ0) is 27.4. The second kappa shape index (κ2) is 11.2. The van der Waals surface area contributed by atoms with Gasteiger partial charge in [0.05, 0.1) is 12.7 Å². The first-order valence-corrected chi connectivity index (χ1v) is 13.4. The summed E-state index contributed by atoms with van der Waals surface area (Å²) in [5.41, 5.74) is 4.11. The second-order valence-electron chi connectivity index (χ2n) is 9.94. The van der Waals surface area contributed by atoms with E-state index in [0.29, 0.717) is 21.8 Å². The third kappa shape index (κ3) is 6.21. The van der Waals surface area contributed by atoms with Crippen LogP contribution < -0.4 is 15.4 Å². The molecule has 2 heterocycles. The van der Waals surface area contributed by atoms with Gasteiger partial charge in [-0.25, -0.2) is 4.98 Å². The molecule has 1 aliphatic heterocycles. The number of anilines is 1. The number of carbonyl (C=O) groups is 2. The minimum atomic E-state index is -0.291. The van der Waals surface area contributed by atoms with Crippen LogP contribution in [0.5, 0.6) is 5.75 Å². The predicted molar refractivity (Wildman–Crippen MR) is 155 cm³/mol. The Balaban J connectivity index is 1.38. The lowest BCUT2D eigenvalue weighted by atomic mass is 9.85. The fourth-order valence-electron chi connectivity index (χ4n) is 4.56. The van der Waals surface area contributed by atoms with Gasteiger partial charge in [0, 0.05) is 45.2 Å². The number of benzene rings is 3. The number of nitrogens with zero attached hydrogens (tertiary/aromatic N) is 1. The molecule has 3 aromatic carbocycles. The Labute approximate surface area is 232 Å². The number of aromatic nitrogens is 1. The fraction of sp³-hybridized carbons (Fsp3) is 0.156. The summed E-state index contributed by atoms with van der Waals surface area (Å²) in [6, 6.07) is 26.2. The van der Waals surface area contributed by atoms with Crippen LogP contribution in [0.25, 0.3) is 5.70 Å². The molecular formula is C32H29N3O3S. The van der Waals surface area contributed by atoms with Crippen molar-refractivity contribution in [3.8, 4) is 5.75 Å². The van der Waals surface area contributed by atoms with Crippen molar-refractivity contribution in [1.82, 2.24) is 10.3 Å². The molecule has 1 aromatic heterocycles. The van der Waals surface area contributed by atoms with Gasteiger partial charge in [0.1, 0.15) is 10.8 Å². The van der Waals surface area contributed by atoms with Crippen molar-refractivity contribution < 1.29 is 14.3 Å². The van der Waals surface area contributed by atoms with Crippen LogP contribution in [0.3, 0.4) is 0 Å². The van der Waals surface area contributed by atoms with Gasteiger partial charge in [-0.2, -0.15) is 0 Å². The van der Waals surface area contributed by atoms with E-state index in [4.69, 9.17) is 4.74 Å². The lowest BCUT2D eigenvalue weighted by Gasteiger charge is -2.35. The summed E-state index contributed by atoms with van der Waals surface area (Å²) >= 11 is 1.43. The van der Waals surface area contributed by atoms with Crippen LogP contribution in [0, 0.1) is 0 Å². The maximum atomic E-state index is 13.4. The highest BCUT2D eigenvalue weighted by molar-refractivity contribution is 7.99. The summed E-state index contributed by atoms with van der Waals surface area (Å²) in [5.74, 6) is 0.279. The Kier molecular flexibility index (Phi) is 7.52. The van der Waals surface area contributed by atoms with Crippen molar-refractivity contribution in [2.24, 2.45) is 0 Å². The molecule has 1 aliphatic rings. The average Bonchev–Trinajstić information content (AvgIpc) is 2.93. The first-order valence-electron chi connectivity index (χ1n) is 12.6. The highest BCUT2D eigenvalue weighted by atomic mass is 32.2. The summed E-state index contributed by atoms with van der Waals surface area (Å²) in [4.78, 5) is 32.0. The molecule has 196 valence electrons. The number of amides is 1. The Bertz CT molecular complexity index is 1560. The summed E-state index contributed by atoms with van der Waals surface area (Å²) < 4.78 is 5.41. The topological polar surface area (TPSA) is 80.3 Å². The van der Waals surface area contributed by atoms with Gasteiger partial charge in [-0.1, -0.05) is 48.2 Å². The quantitative estimate of drug-likeness (QED) is 0.204. The maximum Gasteiger partial charge on any atom is 0.258 e. The molecular weight excluding hydrogens is 506 g/mol. The molecule has 7 heteroatoms. The van der Waals surface area contributed by atoms with E-state index >= 15 is 0 Å². The SMILES string of the molecule is COc1ccc2c(c1)C(=CC(=O)c1cccc(NC(=O)c3cccnc3Sc3ccccc3)c1)NC(C)(C)C2. The molecule has 0 bridgehead atoms. The number of pyridine rings is 1. The van der Waals surface area contributed by atoms with Gasteiger partial charge < -0.3 is 15.4 Å². The molecule has 1 amide bonds. The molecule has 0 aliphatic carbocycles. The molecule has 0 spiro atoms. The number of ketones is 1. The molecule has 39 heavy (non-hydrogen) atoms. The number of hydrogen-bond acceptors (Lipinski definition) is 6. The number of methoxy groups -OCH3 is 1. The lowest BCUT2D eigenvalue weighted by molar-refractivity contribution is 0.101. The molecule has 2 N–H and O–H groups in total. The number of ether oxygens (including phenoxy) is 1. The van der Waals surface area contributed by atoms with Gasteiger partial charge >= 0.3 is 0 Å². The van der Waals surface area contributed by atoms with E-state index in [2.05, 4.69) is 29.5 Å². The van der Waals surface area contributed by atoms with Crippen molar-refractivity contribution in [2.45, 2.75) is 35.7 Å². The van der Waals surface area contributed by atoms with E-state index in [-0.39, 0.29) is 17.2 Å². The molecule has 0 radical (unpaired) electrons. The molecule has 4 aromatic rings. The van der Waals surface area contributed by atoms with Crippen molar-refractivity contribution in [2.75, 3.05) is 12.4 Å². The summed E-state index contributed by atoms with van der Waals surface area (Å²) in [7, 11) is 1.63. The molecule has 0 unspecified atom stereocenters. The molecule has 0 atom stereocenters. The van der Waals surface area contributed by atoms with Crippen molar-refractivity contribution in [3.05, 3.63) is 119 Å². The van der Waals surface area contributed by atoms with Crippen LogP contribution in [0.4, 0.5) is 5.69 Å². The van der Waals surface area contributed by atoms with E-state index in [1.165, 1.54) is 11.8 Å². The maximum absolute atomic E-state index is 13.4. The van der Waals surface area contributed by atoms with Gasteiger partial charge in [0.15, 0.2) is 5.78 Å². The molecule has 0 fully saturated rings. The number of fused-ring (bicyclic) bond motifs is 1. The normalized spacial score (nSPS) is 14.7. The fourth-order valence-corrected chi connectivity index (χ4v) is 5.46. The third-order valence-electron chi connectivity index (χ3n) is 6.37. The Morgan fingerprint density at radius 3 is 2.62 bits per heavy atom. The minimum absolute atomic E-state index is 0.165. The smallest absolute Gasteiger partial charge is 0.258 e. The van der Waals surface area contributed by atoms with Crippen LogP contribution in [-0.4, -0.2) is 29.3 Å². The van der Waals surface area contributed by atoms with Crippen molar-refractivity contribution >= 4 is 34.8 Å². The predicted octanol–water partition coefficient (Wildman–Crippen LogP) is 6.64. The molecule has 0 saturated heterocycles. The molecule has 6 nitrogen and oxygen atoms in total. The zero-order valence-electron chi connectivity index (χ0n) is 22.0. The summed E-state index contributed by atoms with van der Waals surface area (Å²) in [5, 5.41) is 7.04. The summed E-state index contributed by atoms with van der Waals surface area (Å²) in [6.45, 7) is 4.22. The van der Waals surface area contributed by atoms with E-state index in [0.717, 1.165) is 33.9 Å². The van der Waals surface area contributed by atoms with Gasteiger partial charge in [0.25, 0.3) is 5.91 Å². The highest BCUT2D eigenvalue weighted by Crippen LogP contribution is 2.33. The lowest BCUT2D eigenvalue weighted by Crippen LogP contribution is -2.43. The minimum Gasteiger partial charge on any atom is -0.497 e. The Morgan fingerprint density at radius 1 is 1.00 bits per heavy atom. The monoisotopic (exact) mass is 535 g/mol. The van der Waals surface area contributed by atoms with Gasteiger partial charge in [0.2, 0.25) is 0 Å². The number of allylic oxidation sites excluding steroid dienone is 1. The Morgan fingerprint density at radius 2 is 1.82 bits per heavy atom. The Hall–Kier alpha value is -4.36. The third-order valence-corrected chi connectivity index (χ3v) is 7.39.